The van der Waals surface area contributed by atoms with E-state index in [-0.39, 0.29) is 42.2 Å². The largest absolute Gasteiger partial charge is 0.352 e. The molecule has 3 atom stereocenters. The van der Waals surface area contributed by atoms with Crippen molar-refractivity contribution in [3.05, 3.63) is 35.9 Å². The van der Waals surface area contributed by atoms with Crippen LogP contribution in [0, 0.1) is 11.8 Å². The van der Waals surface area contributed by atoms with Crippen LogP contribution in [0.2, 0.25) is 0 Å². The molecule has 1 aliphatic heterocycles. The van der Waals surface area contributed by atoms with Gasteiger partial charge in [-0.3, -0.25) is 9.59 Å². The zero-order valence-corrected chi connectivity index (χ0v) is 14.8. The molecule has 1 aromatic carbocycles. The van der Waals surface area contributed by atoms with Crippen LogP contribution >= 0.6 is 12.4 Å². The summed E-state index contributed by atoms with van der Waals surface area (Å²) in [5, 5.41) is 3.05. The van der Waals surface area contributed by atoms with Crippen LogP contribution in [0.3, 0.4) is 0 Å². The Kier molecular flexibility index (Phi) is 6.24. The van der Waals surface area contributed by atoms with Gasteiger partial charge in [0, 0.05) is 25.6 Å². The topological polar surface area (TPSA) is 75.4 Å². The van der Waals surface area contributed by atoms with Gasteiger partial charge < -0.3 is 16.0 Å². The van der Waals surface area contributed by atoms with Gasteiger partial charge >= 0.3 is 0 Å². The molecule has 3 N–H and O–H groups in total. The van der Waals surface area contributed by atoms with Gasteiger partial charge in [-0.25, -0.2) is 0 Å². The van der Waals surface area contributed by atoms with Crippen LogP contribution in [-0.2, 0) is 9.59 Å². The number of benzene rings is 1. The first-order valence-corrected chi connectivity index (χ1v) is 8.45. The molecule has 3 unspecified atom stereocenters. The van der Waals surface area contributed by atoms with Gasteiger partial charge in [-0.05, 0) is 31.2 Å². The number of halogens is 1. The monoisotopic (exact) mass is 351 g/mol. The molecular formula is C18H26ClN3O2. The highest BCUT2D eigenvalue weighted by molar-refractivity contribution is 5.89. The molecular weight excluding hydrogens is 326 g/mol. The van der Waals surface area contributed by atoms with Crippen molar-refractivity contribution in [2.45, 2.75) is 38.3 Å². The first kappa shape index (κ1) is 18.7. The number of carbonyl (C=O) groups is 2. The SMILES string of the molecule is CC(c1ccccc1)N1CC(C(=O)NC(CN)C2CC2)CC1=O.Cl. The lowest BCUT2D eigenvalue weighted by molar-refractivity contribution is -0.130. The average Bonchev–Trinajstić information content (AvgIpc) is 3.34. The van der Waals surface area contributed by atoms with Gasteiger partial charge in [-0.15, -0.1) is 12.4 Å². The number of nitrogens with zero attached hydrogens (tertiary/aromatic N) is 1. The number of hydrogen-bond donors (Lipinski definition) is 2. The maximum absolute atomic E-state index is 12.5. The van der Waals surface area contributed by atoms with E-state index in [0.29, 0.717) is 25.4 Å². The first-order valence-electron chi connectivity index (χ1n) is 8.45. The van der Waals surface area contributed by atoms with E-state index in [1.807, 2.05) is 42.2 Å². The molecule has 0 aromatic heterocycles. The highest BCUT2D eigenvalue weighted by Gasteiger charge is 2.39. The standard InChI is InChI=1S/C18H25N3O2.ClH/c1-12(13-5-3-2-4-6-13)21-11-15(9-17(21)22)18(23)20-16(10-19)14-7-8-14;/h2-6,12,14-16H,7-11,19H2,1H3,(H,20,23);1H. The lowest BCUT2D eigenvalue weighted by Crippen LogP contribution is -2.45. The van der Waals surface area contributed by atoms with Crippen molar-refractivity contribution in [1.29, 1.82) is 0 Å². The first-order chi connectivity index (χ1) is 11.1. The molecule has 1 saturated heterocycles. The molecule has 0 radical (unpaired) electrons. The second-order valence-electron chi connectivity index (χ2n) is 6.72. The van der Waals surface area contributed by atoms with Crippen molar-refractivity contribution in [1.82, 2.24) is 10.2 Å². The lowest BCUT2D eigenvalue weighted by Gasteiger charge is -2.25. The highest BCUT2D eigenvalue weighted by Crippen LogP contribution is 2.33. The van der Waals surface area contributed by atoms with Crippen molar-refractivity contribution in [2.75, 3.05) is 13.1 Å². The number of hydrogen-bond acceptors (Lipinski definition) is 3. The predicted octanol–water partition coefficient (Wildman–Crippen LogP) is 1.87. The molecule has 2 aliphatic rings. The molecule has 5 nitrogen and oxygen atoms in total. The van der Waals surface area contributed by atoms with Gasteiger partial charge in [0.25, 0.3) is 0 Å². The Balaban J connectivity index is 0.00000208. The van der Waals surface area contributed by atoms with E-state index < -0.39 is 0 Å². The number of nitrogens with two attached hydrogens (primary N) is 1. The van der Waals surface area contributed by atoms with Crippen LogP contribution < -0.4 is 11.1 Å². The van der Waals surface area contributed by atoms with Crippen molar-refractivity contribution >= 4 is 24.2 Å². The maximum atomic E-state index is 12.5. The Morgan fingerprint density at radius 2 is 2.00 bits per heavy atom. The van der Waals surface area contributed by atoms with Gasteiger partial charge in [0.2, 0.25) is 11.8 Å². The fraction of sp³-hybridized carbons (Fsp3) is 0.556. The van der Waals surface area contributed by atoms with Crippen molar-refractivity contribution < 1.29 is 9.59 Å². The molecule has 0 spiro atoms. The van der Waals surface area contributed by atoms with Crippen LogP contribution in [0.4, 0.5) is 0 Å². The lowest BCUT2D eigenvalue weighted by atomic mass is 10.1. The van der Waals surface area contributed by atoms with Crippen LogP contribution in [-0.4, -0.2) is 35.8 Å². The van der Waals surface area contributed by atoms with Gasteiger partial charge in [0.15, 0.2) is 0 Å². The summed E-state index contributed by atoms with van der Waals surface area (Å²) in [5.41, 5.74) is 6.84. The van der Waals surface area contributed by atoms with E-state index >= 15 is 0 Å². The molecule has 1 saturated carbocycles. The van der Waals surface area contributed by atoms with E-state index in [9.17, 15) is 9.59 Å². The fourth-order valence-electron chi connectivity index (χ4n) is 3.36. The number of nitrogens with one attached hydrogen (secondary N) is 1. The second-order valence-corrected chi connectivity index (χ2v) is 6.72. The van der Waals surface area contributed by atoms with E-state index in [1.165, 1.54) is 0 Å². The summed E-state index contributed by atoms with van der Waals surface area (Å²) >= 11 is 0. The van der Waals surface area contributed by atoms with Crippen LogP contribution in [0.15, 0.2) is 30.3 Å². The zero-order valence-electron chi connectivity index (χ0n) is 14.0. The Hall–Kier alpha value is -1.59. The number of amides is 2. The van der Waals surface area contributed by atoms with Gasteiger partial charge in [0.1, 0.15) is 0 Å². The Morgan fingerprint density at radius 1 is 1.33 bits per heavy atom. The van der Waals surface area contributed by atoms with Gasteiger partial charge in [-0.2, -0.15) is 0 Å². The molecule has 132 valence electrons. The Bertz CT molecular complexity index is 577. The van der Waals surface area contributed by atoms with Crippen molar-refractivity contribution in [3.8, 4) is 0 Å². The van der Waals surface area contributed by atoms with Crippen molar-refractivity contribution in [2.24, 2.45) is 17.6 Å². The number of likely N-dealkylation sites (tertiary alicyclic amines) is 1. The molecule has 1 aromatic rings. The van der Waals surface area contributed by atoms with E-state index in [2.05, 4.69) is 5.32 Å². The summed E-state index contributed by atoms with van der Waals surface area (Å²) in [6, 6.07) is 10.00. The molecule has 1 heterocycles. The van der Waals surface area contributed by atoms with E-state index in [0.717, 1.165) is 18.4 Å². The normalized spacial score (nSPS) is 22.7. The van der Waals surface area contributed by atoms with E-state index in [1.54, 1.807) is 0 Å². The number of rotatable bonds is 6. The smallest absolute Gasteiger partial charge is 0.225 e. The summed E-state index contributed by atoms with van der Waals surface area (Å²) in [4.78, 5) is 26.6. The highest BCUT2D eigenvalue weighted by atomic mass is 35.5. The summed E-state index contributed by atoms with van der Waals surface area (Å²) in [6.45, 7) is 2.98. The Labute approximate surface area is 149 Å². The van der Waals surface area contributed by atoms with Crippen LogP contribution in [0.1, 0.15) is 37.8 Å². The molecule has 3 rings (SSSR count). The Morgan fingerprint density at radius 3 is 2.58 bits per heavy atom. The quantitative estimate of drug-likeness (QED) is 0.821. The summed E-state index contributed by atoms with van der Waals surface area (Å²) < 4.78 is 0. The third-order valence-corrected chi connectivity index (χ3v) is 5.05. The average molecular weight is 352 g/mol. The molecule has 1 aliphatic carbocycles. The molecule has 6 heteroatoms. The molecule has 24 heavy (non-hydrogen) atoms. The third kappa shape index (κ3) is 4.08. The van der Waals surface area contributed by atoms with Gasteiger partial charge in [0.05, 0.1) is 12.0 Å². The number of carbonyl (C=O) groups excluding carboxylic acids is 2. The molecule has 0 bridgehead atoms. The van der Waals surface area contributed by atoms with Crippen LogP contribution in [0.25, 0.3) is 0 Å². The van der Waals surface area contributed by atoms with Crippen molar-refractivity contribution in [3.63, 3.8) is 0 Å². The summed E-state index contributed by atoms with van der Waals surface area (Å²) in [6.07, 6.45) is 2.58. The second kappa shape index (κ2) is 7.99. The fourth-order valence-corrected chi connectivity index (χ4v) is 3.36. The molecule has 2 amide bonds. The molecule has 2 fully saturated rings. The minimum atomic E-state index is -0.263. The zero-order chi connectivity index (χ0) is 16.4. The van der Waals surface area contributed by atoms with E-state index in [4.69, 9.17) is 5.73 Å². The third-order valence-electron chi connectivity index (χ3n) is 5.05. The minimum absolute atomic E-state index is 0. The predicted molar refractivity (Wildman–Crippen MR) is 95.6 cm³/mol. The summed E-state index contributed by atoms with van der Waals surface area (Å²) in [7, 11) is 0. The van der Waals surface area contributed by atoms with Crippen LogP contribution in [0.5, 0.6) is 0 Å². The van der Waals surface area contributed by atoms with Gasteiger partial charge in [-0.1, -0.05) is 30.3 Å². The maximum Gasteiger partial charge on any atom is 0.225 e. The summed E-state index contributed by atoms with van der Waals surface area (Å²) in [5.74, 6) is 0.294. The minimum Gasteiger partial charge on any atom is -0.352 e.